The molecule has 0 spiro atoms. The number of Topliss-reactive ketones (excluding diaryl/α,β-unsaturated/α-hetero) is 1. The van der Waals surface area contributed by atoms with Crippen molar-refractivity contribution < 1.29 is 9.18 Å². The number of halogens is 3. The van der Waals surface area contributed by atoms with Crippen LogP contribution < -0.4 is 0 Å². The number of ketones is 1. The van der Waals surface area contributed by atoms with Gasteiger partial charge in [0, 0.05) is 10.6 Å². The summed E-state index contributed by atoms with van der Waals surface area (Å²) < 4.78 is 13.0. The molecule has 0 amide bonds. The number of hydrogen-bond donors (Lipinski definition) is 0. The van der Waals surface area contributed by atoms with Gasteiger partial charge in [0.25, 0.3) is 0 Å². The van der Waals surface area contributed by atoms with Crippen molar-refractivity contribution in [3.05, 3.63) is 69.5 Å². The van der Waals surface area contributed by atoms with Crippen LogP contribution in [0.3, 0.4) is 0 Å². The van der Waals surface area contributed by atoms with Gasteiger partial charge in [0.2, 0.25) is 0 Å². The summed E-state index contributed by atoms with van der Waals surface area (Å²) in [6.45, 7) is 0. The van der Waals surface area contributed by atoms with Crippen molar-refractivity contribution in [1.82, 2.24) is 0 Å². The summed E-state index contributed by atoms with van der Waals surface area (Å²) >= 11 is 11.8. The van der Waals surface area contributed by atoms with Crippen molar-refractivity contribution >= 4 is 29.0 Å². The highest BCUT2D eigenvalue weighted by Gasteiger charge is 2.25. The highest BCUT2D eigenvalue weighted by atomic mass is 35.5. The van der Waals surface area contributed by atoms with Crippen LogP contribution in [0.15, 0.2) is 42.5 Å². The Morgan fingerprint density at radius 3 is 2.45 bits per heavy atom. The fourth-order valence-electron chi connectivity index (χ4n) is 1.82. The van der Waals surface area contributed by atoms with Crippen LogP contribution in [0, 0.1) is 17.1 Å². The molecule has 2 aromatic carbocycles. The Hall–Kier alpha value is -1.89. The first-order valence-corrected chi connectivity index (χ1v) is 6.43. The fraction of sp³-hybridized carbons (Fsp3) is 0.0667. The summed E-state index contributed by atoms with van der Waals surface area (Å²) in [5, 5.41) is 9.53. The van der Waals surface area contributed by atoms with Gasteiger partial charge >= 0.3 is 0 Å². The molecule has 0 saturated heterocycles. The molecule has 1 unspecified atom stereocenters. The number of carbonyl (C=O) groups is 1. The summed E-state index contributed by atoms with van der Waals surface area (Å²) in [5.41, 5.74) is 0.501. The Morgan fingerprint density at radius 1 is 1.15 bits per heavy atom. The van der Waals surface area contributed by atoms with Crippen molar-refractivity contribution in [2.24, 2.45) is 0 Å². The lowest BCUT2D eigenvalue weighted by molar-refractivity contribution is 0.0979. The van der Waals surface area contributed by atoms with Gasteiger partial charge in [0.1, 0.15) is 11.7 Å². The van der Waals surface area contributed by atoms with E-state index in [0.29, 0.717) is 10.6 Å². The Kier molecular flexibility index (Phi) is 4.39. The first kappa shape index (κ1) is 14.5. The summed E-state index contributed by atoms with van der Waals surface area (Å²) in [6, 6.07) is 11.9. The third-order valence-electron chi connectivity index (χ3n) is 2.80. The van der Waals surface area contributed by atoms with Crippen molar-refractivity contribution in [3.63, 3.8) is 0 Å². The minimum Gasteiger partial charge on any atom is -0.292 e. The number of nitriles is 1. The lowest BCUT2D eigenvalue weighted by Gasteiger charge is -2.11. The molecule has 0 saturated carbocycles. The molecule has 2 nitrogen and oxygen atoms in total. The smallest absolute Gasteiger partial charge is 0.186 e. The maximum atomic E-state index is 13.0. The minimum atomic E-state index is -1.08. The van der Waals surface area contributed by atoms with Crippen LogP contribution in [0.4, 0.5) is 4.39 Å². The molecule has 0 aliphatic carbocycles. The zero-order valence-electron chi connectivity index (χ0n) is 10.1. The normalized spacial score (nSPS) is 11.7. The van der Waals surface area contributed by atoms with Gasteiger partial charge in [-0.25, -0.2) is 4.39 Å². The van der Waals surface area contributed by atoms with Crippen LogP contribution in [-0.2, 0) is 0 Å². The summed E-state index contributed by atoms with van der Waals surface area (Å²) in [6.07, 6.45) is 0. The molecule has 20 heavy (non-hydrogen) atoms. The van der Waals surface area contributed by atoms with Gasteiger partial charge in [0.05, 0.1) is 11.1 Å². The standard InChI is InChI=1S/C15H8Cl2FNO/c16-13-4-2-1-3-10(13)12(8-19)15(20)11-6-5-9(18)7-14(11)17/h1-7,12H. The highest BCUT2D eigenvalue weighted by molar-refractivity contribution is 6.35. The maximum Gasteiger partial charge on any atom is 0.186 e. The van der Waals surface area contributed by atoms with Gasteiger partial charge < -0.3 is 0 Å². The van der Waals surface area contributed by atoms with Crippen LogP contribution in [0.5, 0.6) is 0 Å². The first-order chi connectivity index (χ1) is 9.54. The zero-order chi connectivity index (χ0) is 14.7. The molecule has 0 N–H and O–H groups in total. The largest absolute Gasteiger partial charge is 0.292 e. The van der Waals surface area contributed by atoms with Gasteiger partial charge in [0.15, 0.2) is 5.78 Å². The molecular weight excluding hydrogens is 300 g/mol. The van der Waals surface area contributed by atoms with Crippen LogP contribution in [0.2, 0.25) is 10.0 Å². The molecule has 0 fully saturated rings. The van der Waals surface area contributed by atoms with Crippen LogP contribution in [0.1, 0.15) is 21.8 Å². The van der Waals surface area contributed by atoms with E-state index in [1.54, 1.807) is 24.3 Å². The number of hydrogen-bond acceptors (Lipinski definition) is 2. The average molecular weight is 308 g/mol. The van der Waals surface area contributed by atoms with E-state index in [9.17, 15) is 14.4 Å². The Bertz CT molecular complexity index is 709. The predicted molar refractivity (Wildman–Crippen MR) is 75.5 cm³/mol. The molecule has 0 aliphatic heterocycles. The van der Waals surface area contributed by atoms with E-state index < -0.39 is 17.5 Å². The van der Waals surface area contributed by atoms with Crippen LogP contribution in [0.25, 0.3) is 0 Å². The Morgan fingerprint density at radius 2 is 1.85 bits per heavy atom. The van der Waals surface area contributed by atoms with Crippen molar-refractivity contribution in [3.8, 4) is 6.07 Å². The first-order valence-electron chi connectivity index (χ1n) is 5.68. The van der Waals surface area contributed by atoms with E-state index in [1.807, 2.05) is 6.07 Å². The SMILES string of the molecule is N#CC(C(=O)c1ccc(F)cc1Cl)c1ccccc1Cl. The molecule has 0 heterocycles. The lowest BCUT2D eigenvalue weighted by Crippen LogP contribution is -2.12. The number of rotatable bonds is 3. The maximum absolute atomic E-state index is 13.0. The zero-order valence-corrected chi connectivity index (χ0v) is 11.6. The molecule has 0 aromatic heterocycles. The van der Waals surface area contributed by atoms with E-state index in [2.05, 4.69) is 0 Å². The topological polar surface area (TPSA) is 40.9 Å². The van der Waals surface area contributed by atoms with Gasteiger partial charge in [-0.2, -0.15) is 5.26 Å². The Labute approximate surface area is 125 Å². The summed E-state index contributed by atoms with van der Waals surface area (Å²) in [7, 11) is 0. The lowest BCUT2D eigenvalue weighted by atomic mass is 9.92. The number of carbonyl (C=O) groups excluding carboxylic acids is 1. The highest BCUT2D eigenvalue weighted by Crippen LogP contribution is 2.29. The molecule has 2 aromatic rings. The second kappa shape index (κ2) is 6.04. The quantitative estimate of drug-likeness (QED) is 0.776. The monoisotopic (exact) mass is 307 g/mol. The van der Waals surface area contributed by atoms with Crippen LogP contribution in [-0.4, -0.2) is 5.78 Å². The van der Waals surface area contributed by atoms with Gasteiger partial charge in [-0.1, -0.05) is 41.4 Å². The summed E-state index contributed by atoms with van der Waals surface area (Å²) in [5.74, 6) is -2.13. The third-order valence-corrected chi connectivity index (χ3v) is 3.46. The second-order valence-corrected chi connectivity index (χ2v) is 4.89. The molecule has 5 heteroatoms. The van der Waals surface area contributed by atoms with E-state index in [0.717, 1.165) is 12.1 Å². The molecule has 0 aliphatic rings. The van der Waals surface area contributed by atoms with E-state index in [-0.39, 0.29) is 10.6 Å². The summed E-state index contributed by atoms with van der Waals surface area (Å²) in [4.78, 5) is 12.4. The second-order valence-electron chi connectivity index (χ2n) is 4.07. The minimum absolute atomic E-state index is 0.0256. The van der Waals surface area contributed by atoms with E-state index in [4.69, 9.17) is 23.2 Å². The molecule has 0 radical (unpaired) electrons. The van der Waals surface area contributed by atoms with Gasteiger partial charge in [-0.15, -0.1) is 0 Å². The predicted octanol–water partition coefficient (Wildman–Crippen LogP) is 4.62. The average Bonchev–Trinajstić information content (AvgIpc) is 2.41. The third kappa shape index (κ3) is 2.82. The van der Waals surface area contributed by atoms with Gasteiger partial charge in [-0.3, -0.25) is 4.79 Å². The number of benzene rings is 2. The molecule has 2 rings (SSSR count). The fourth-order valence-corrected chi connectivity index (χ4v) is 2.33. The number of nitrogens with zero attached hydrogens (tertiary/aromatic N) is 1. The van der Waals surface area contributed by atoms with Crippen LogP contribution >= 0.6 is 23.2 Å². The molecular formula is C15H8Cl2FNO. The molecule has 0 bridgehead atoms. The molecule has 1 atom stereocenters. The van der Waals surface area contributed by atoms with E-state index in [1.165, 1.54) is 6.07 Å². The van der Waals surface area contributed by atoms with Crippen molar-refractivity contribution in [1.29, 1.82) is 5.26 Å². The molecule has 100 valence electrons. The van der Waals surface area contributed by atoms with Crippen molar-refractivity contribution in [2.45, 2.75) is 5.92 Å². The van der Waals surface area contributed by atoms with E-state index >= 15 is 0 Å². The van der Waals surface area contributed by atoms with Gasteiger partial charge in [-0.05, 0) is 29.8 Å². The Balaban J connectivity index is 2.45. The van der Waals surface area contributed by atoms with Crippen molar-refractivity contribution in [2.75, 3.05) is 0 Å².